The lowest BCUT2D eigenvalue weighted by Gasteiger charge is -2.13. The molecule has 6 nitrogen and oxygen atoms in total. The molecule has 1 heterocycles. The van der Waals surface area contributed by atoms with Gasteiger partial charge in [0.15, 0.2) is 0 Å². The third-order valence-corrected chi connectivity index (χ3v) is 5.79. The van der Waals surface area contributed by atoms with Gasteiger partial charge >= 0.3 is 12.1 Å². The SMILES string of the molecule is COC(=O)c1ccc(-c2nn(C(=O)c3c(Cl)cccc3C(F)(F)F)c3cc(C#CC(C)O)ccc23)c(F)c1. The summed E-state index contributed by atoms with van der Waals surface area (Å²) in [6.07, 6.45) is -5.86. The smallest absolute Gasteiger partial charge is 0.417 e. The normalized spacial score (nSPS) is 12.1. The van der Waals surface area contributed by atoms with E-state index in [2.05, 4.69) is 21.7 Å². The standard InChI is InChI=1S/C27H17ClF4N2O4/c1-14(35)6-7-15-8-10-18-22(12-15)34(25(36)23-19(27(30,31)32)4-3-5-20(23)28)33-24(18)17-11-9-16(13-21(17)29)26(37)38-2/h3-5,8-14,35H,1-2H3. The van der Waals surface area contributed by atoms with E-state index in [-0.39, 0.29) is 27.7 Å². The second-order valence-electron chi connectivity index (χ2n) is 8.09. The van der Waals surface area contributed by atoms with Crippen LogP contribution in [0.3, 0.4) is 0 Å². The van der Waals surface area contributed by atoms with Crippen molar-refractivity contribution in [3.8, 4) is 23.1 Å². The first-order chi connectivity index (χ1) is 17.9. The fourth-order valence-corrected chi connectivity index (χ4v) is 4.03. The molecule has 3 aromatic carbocycles. The number of aromatic nitrogens is 2. The minimum absolute atomic E-state index is 0.0203. The van der Waals surface area contributed by atoms with E-state index in [9.17, 15) is 27.9 Å². The summed E-state index contributed by atoms with van der Waals surface area (Å²) in [5.74, 6) is 2.37. The molecule has 0 amide bonds. The highest BCUT2D eigenvalue weighted by molar-refractivity contribution is 6.34. The van der Waals surface area contributed by atoms with Crippen LogP contribution >= 0.6 is 11.6 Å². The summed E-state index contributed by atoms with van der Waals surface area (Å²) in [7, 11) is 1.14. The summed E-state index contributed by atoms with van der Waals surface area (Å²) in [6.45, 7) is 1.44. The van der Waals surface area contributed by atoms with Gasteiger partial charge in [0, 0.05) is 16.5 Å². The Bertz CT molecular complexity index is 1650. The molecular weight excluding hydrogens is 528 g/mol. The van der Waals surface area contributed by atoms with Crippen LogP contribution in [0, 0.1) is 17.7 Å². The molecule has 0 aliphatic rings. The molecule has 0 radical (unpaired) electrons. The lowest BCUT2D eigenvalue weighted by Crippen LogP contribution is -2.20. The summed E-state index contributed by atoms with van der Waals surface area (Å²) >= 11 is 6.04. The highest BCUT2D eigenvalue weighted by atomic mass is 35.5. The van der Waals surface area contributed by atoms with Gasteiger partial charge in [0.05, 0.1) is 34.3 Å². The Labute approximate surface area is 218 Å². The minimum atomic E-state index is -4.90. The number of esters is 1. The van der Waals surface area contributed by atoms with Gasteiger partial charge < -0.3 is 9.84 Å². The first-order valence-corrected chi connectivity index (χ1v) is 11.3. The van der Waals surface area contributed by atoms with E-state index in [0.717, 1.165) is 31.4 Å². The maximum atomic E-state index is 15.1. The summed E-state index contributed by atoms with van der Waals surface area (Å²) in [4.78, 5) is 25.3. The van der Waals surface area contributed by atoms with Crippen LogP contribution in [0.5, 0.6) is 0 Å². The molecule has 1 N–H and O–H groups in total. The van der Waals surface area contributed by atoms with Crippen LogP contribution in [-0.4, -0.2) is 40.0 Å². The van der Waals surface area contributed by atoms with Crippen LogP contribution in [-0.2, 0) is 10.9 Å². The molecular formula is C27H17ClF4N2O4. The second-order valence-corrected chi connectivity index (χ2v) is 8.50. The van der Waals surface area contributed by atoms with E-state index in [1.165, 1.54) is 37.3 Å². The van der Waals surface area contributed by atoms with Gasteiger partial charge in [0.2, 0.25) is 0 Å². The van der Waals surface area contributed by atoms with Crippen molar-refractivity contribution in [1.29, 1.82) is 0 Å². The molecule has 0 bridgehead atoms. The summed E-state index contributed by atoms with van der Waals surface area (Å²) < 4.78 is 61.6. The molecule has 0 fully saturated rings. The molecule has 38 heavy (non-hydrogen) atoms. The molecule has 194 valence electrons. The van der Waals surface area contributed by atoms with Crippen LogP contribution in [0.4, 0.5) is 17.6 Å². The lowest BCUT2D eigenvalue weighted by atomic mass is 10.0. The van der Waals surface area contributed by atoms with Crippen molar-refractivity contribution in [3.05, 3.63) is 87.7 Å². The average Bonchev–Trinajstić information content (AvgIpc) is 3.24. The number of nitrogens with zero attached hydrogens (tertiary/aromatic N) is 2. The molecule has 0 aliphatic carbocycles. The Morgan fingerprint density at radius 2 is 1.87 bits per heavy atom. The summed E-state index contributed by atoms with van der Waals surface area (Å²) in [5, 5.41) is 13.4. The highest BCUT2D eigenvalue weighted by Gasteiger charge is 2.37. The minimum Gasteiger partial charge on any atom is -0.465 e. The molecule has 1 aromatic heterocycles. The maximum absolute atomic E-state index is 15.1. The quantitative estimate of drug-likeness (QED) is 0.203. The number of carbonyl (C=O) groups is 2. The van der Waals surface area contributed by atoms with Crippen molar-refractivity contribution in [3.63, 3.8) is 0 Å². The molecule has 1 unspecified atom stereocenters. The zero-order valence-corrected chi connectivity index (χ0v) is 20.5. The molecule has 4 rings (SSSR count). The number of benzene rings is 3. The Morgan fingerprint density at radius 1 is 1.13 bits per heavy atom. The first-order valence-electron chi connectivity index (χ1n) is 10.9. The number of aliphatic hydroxyl groups is 1. The number of halogens is 5. The molecule has 0 spiro atoms. The largest absolute Gasteiger partial charge is 0.465 e. The molecule has 1 atom stereocenters. The van der Waals surface area contributed by atoms with Gasteiger partial charge in [-0.05, 0) is 55.5 Å². The number of aliphatic hydroxyl groups excluding tert-OH is 1. The molecule has 4 aromatic rings. The van der Waals surface area contributed by atoms with Crippen LogP contribution in [0.25, 0.3) is 22.2 Å². The second kappa shape index (κ2) is 10.3. The van der Waals surface area contributed by atoms with E-state index in [4.69, 9.17) is 11.6 Å². The van der Waals surface area contributed by atoms with Crippen LogP contribution in [0.15, 0.2) is 54.6 Å². The van der Waals surface area contributed by atoms with Crippen molar-refractivity contribution >= 4 is 34.4 Å². The Morgan fingerprint density at radius 3 is 2.50 bits per heavy atom. The van der Waals surface area contributed by atoms with Crippen molar-refractivity contribution < 1.29 is 37.0 Å². The van der Waals surface area contributed by atoms with Crippen molar-refractivity contribution in [1.82, 2.24) is 9.78 Å². The number of hydrogen-bond acceptors (Lipinski definition) is 5. The third-order valence-electron chi connectivity index (χ3n) is 5.48. The summed E-state index contributed by atoms with van der Waals surface area (Å²) in [5.41, 5.74) is -2.03. The molecule has 0 aliphatic heterocycles. The predicted octanol–water partition coefficient (Wildman–Crippen LogP) is 5.72. The molecule has 0 saturated carbocycles. The first kappa shape index (κ1) is 26.9. The number of fused-ring (bicyclic) bond motifs is 1. The van der Waals surface area contributed by atoms with Gasteiger partial charge in [-0.15, -0.1) is 0 Å². The summed E-state index contributed by atoms with van der Waals surface area (Å²) in [6, 6.07) is 10.8. The monoisotopic (exact) mass is 544 g/mol. The predicted molar refractivity (Wildman–Crippen MR) is 131 cm³/mol. The van der Waals surface area contributed by atoms with Crippen molar-refractivity contribution in [2.24, 2.45) is 0 Å². The fourth-order valence-electron chi connectivity index (χ4n) is 3.77. The number of ether oxygens (including phenoxy) is 1. The van der Waals surface area contributed by atoms with Gasteiger partial charge in [-0.3, -0.25) is 4.79 Å². The van der Waals surface area contributed by atoms with Gasteiger partial charge in [-0.1, -0.05) is 29.5 Å². The van der Waals surface area contributed by atoms with Crippen molar-refractivity contribution in [2.45, 2.75) is 19.2 Å². The Kier molecular flexibility index (Phi) is 7.26. The van der Waals surface area contributed by atoms with Crippen molar-refractivity contribution in [2.75, 3.05) is 7.11 Å². The van der Waals surface area contributed by atoms with E-state index in [0.29, 0.717) is 10.2 Å². The van der Waals surface area contributed by atoms with E-state index >= 15 is 4.39 Å². The van der Waals surface area contributed by atoms with Gasteiger partial charge in [-0.2, -0.15) is 23.0 Å². The maximum Gasteiger partial charge on any atom is 0.417 e. The highest BCUT2D eigenvalue weighted by Crippen LogP contribution is 2.37. The Hall–Kier alpha value is -4.20. The lowest BCUT2D eigenvalue weighted by molar-refractivity contribution is -0.137. The topological polar surface area (TPSA) is 81.4 Å². The number of alkyl halides is 3. The van der Waals surface area contributed by atoms with Gasteiger partial charge in [0.1, 0.15) is 17.6 Å². The van der Waals surface area contributed by atoms with Crippen LogP contribution < -0.4 is 0 Å². The van der Waals surface area contributed by atoms with Crippen LogP contribution in [0.2, 0.25) is 5.02 Å². The average molecular weight is 545 g/mol. The van der Waals surface area contributed by atoms with Gasteiger partial charge in [-0.25, -0.2) is 9.18 Å². The fraction of sp³-hybridized carbons (Fsp3) is 0.148. The molecule has 11 heteroatoms. The third kappa shape index (κ3) is 5.11. The number of hydrogen-bond donors (Lipinski definition) is 1. The van der Waals surface area contributed by atoms with E-state index in [1.807, 2.05) is 0 Å². The van der Waals surface area contributed by atoms with E-state index in [1.54, 1.807) is 0 Å². The zero-order chi connectivity index (χ0) is 27.8. The van der Waals surface area contributed by atoms with Crippen LogP contribution in [0.1, 0.15) is 38.8 Å². The molecule has 0 saturated heterocycles. The van der Waals surface area contributed by atoms with E-state index < -0.39 is 46.1 Å². The Balaban J connectivity index is 1.99. The zero-order valence-electron chi connectivity index (χ0n) is 19.7. The number of carbonyl (C=O) groups excluding carboxylic acids is 2. The van der Waals surface area contributed by atoms with Gasteiger partial charge in [0.25, 0.3) is 5.91 Å². The number of methoxy groups -OCH3 is 1. The number of rotatable bonds is 3.